The topological polar surface area (TPSA) is 23.6 Å². The summed E-state index contributed by atoms with van der Waals surface area (Å²) in [5.74, 6) is 0.347. The van der Waals surface area contributed by atoms with E-state index < -0.39 is 0 Å². The first-order valence-electron chi connectivity index (χ1n) is 5.76. The van der Waals surface area contributed by atoms with Crippen LogP contribution in [0.25, 0.3) is 0 Å². The van der Waals surface area contributed by atoms with Gasteiger partial charge < -0.3 is 4.90 Å². The minimum absolute atomic E-state index is 0.202. The number of rotatable bonds is 2. The highest BCUT2D eigenvalue weighted by molar-refractivity contribution is 5.85. The zero-order chi connectivity index (χ0) is 11.6. The van der Waals surface area contributed by atoms with E-state index in [2.05, 4.69) is 23.8 Å². The molecule has 1 rings (SSSR count). The molecule has 88 valence electrons. The molecule has 3 heteroatoms. The Morgan fingerprint density at radius 3 is 2.40 bits per heavy atom. The fraction of sp³-hybridized carbons (Fsp3) is 0.917. The van der Waals surface area contributed by atoms with E-state index in [1.54, 1.807) is 0 Å². The Kier molecular flexibility index (Phi) is 3.90. The van der Waals surface area contributed by atoms with Crippen molar-refractivity contribution in [3.63, 3.8) is 0 Å². The number of hydrogen-bond donors (Lipinski definition) is 0. The van der Waals surface area contributed by atoms with Crippen molar-refractivity contribution in [2.75, 3.05) is 33.2 Å². The fourth-order valence-electron chi connectivity index (χ4n) is 1.71. The van der Waals surface area contributed by atoms with Crippen LogP contribution in [0.1, 0.15) is 27.7 Å². The van der Waals surface area contributed by atoms with E-state index in [0.717, 1.165) is 19.6 Å². The lowest BCUT2D eigenvalue weighted by atomic mass is 9.90. The molecule has 0 spiro atoms. The Morgan fingerprint density at radius 1 is 1.33 bits per heavy atom. The first kappa shape index (κ1) is 12.7. The predicted molar refractivity (Wildman–Crippen MR) is 63.0 cm³/mol. The quantitative estimate of drug-likeness (QED) is 0.688. The van der Waals surface area contributed by atoms with Crippen LogP contribution in [-0.2, 0) is 4.79 Å². The molecule has 0 bridgehead atoms. The summed E-state index contributed by atoms with van der Waals surface area (Å²) in [5.41, 5.74) is -0.202. The molecule has 1 saturated heterocycles. The summed E-state index contributed by atoms with van der Waals surface area (Å²) < 4.78 is 0. The molecule has 3 nitrogen and oxygen atoms in total. The van der Waals surface area contributed by atoms with Crippen molar-refractivity contribution in [2.24, 2.45) is 5.41 Å². The molecule has 0 aromatic heterocycles. The van der Waals surface area contributed by atoms with Gasteiger partial charge in [-0.1, -0.05) is 20.8 Å². The van der Waals surface area contributed by atoms with Gasteiger partial charge in [-0.15, -0.1) is 0 Å². The largest absolute Gasteiger partial charge is 0.301 e. The van der Waals surface area contributed by atoms with Crippen LogP contribution in [0, 0.1) is 5.41 Å². The van der Waals surface area contributed by atoms with E-state index in [1.165, 1.54) is 0 Å². The van der Waals surface area contributed by atoms with Crippen LogP contribution in [-0.4, -0.2) is 54.9 Å². The van der Waals surface area contributed by atoms with Gasteiger partial charge in [-0.2, -0.15) is 0 Å². The van der Waals surface area contributed by atoms with Crippen molar-refractivity contribution >= 4 is 5.78 Å². The standard InChI is InChI=1S/C12H24N2O/c1-10-8-14(7-6-13(10)5)9-11(15)12(2,3)4/h10H,6-9H2,1-5H3. The minimum atomic E-state index is -0.202. The zero-order valence-electron chi connectivity index (χ0n) is 10.7. The molecule has 0 aliphatic carbocycles. The Hall–Kier alpha value is -0.410. The molecule has 0 aromatic rings. The van der Waals surface area contributed by atoms with Gasteiger partial charge in [0.2, 0.25) is 0 Å². The molecule has 1 heterocycles. The summed E-state index contributed by atoms with van der Waals surface area (Å²) >= 11 is 0. The van der Waals surface area contributed by atoms with Crippen LogP contribution in [0.15, 0.2) is 0 Å². The van der Waals surface area contributed by atoms with Crippen LogP contribution in [0.3, 0.4) is 0 Å². The predicted octanol–water partition coefficient (Wildman–Crippen LogP) is 1.24. The number of hydrogen-bond acceptors (Lipinski definition) is 3. The van der Waals surface area contributed by atoms with E-state index in [1.807, 2.05) is 20.8 Å². The second-order valence-electron chi connectivity index (χ2n) is 5.74. The molecular formula is C12H24N2O. The normalized spacial score (nSPS) is 25.5. The molecule has 1 aliphatic heterocycles. The first-order chi connectivity index (χ1) is 6.80. The summed E-state index contributed by atoms with van der Waals surface area (Å²) in [4.78, 5) is 16.5. The summed E-state index contributed by atoms with van der Waals surface area (Å²) in [6.45, 7) is 11.9. The molecule has 0 N–H and O–H groups in total. The van der Waals surface area contributed by atoms with Crippen LogP contribution >= 0.6 is 0 Å². The maximum atomic E-state index is 11.9. The first-order valence-corrected chi connectivity index (χ1v) is 5.76. The van der Waals surface area contributed by atoms with Crippen molar-refractivity contribution in [3.8, 4) is 0 Å². The smallest absolute Gasteiger partial charge is 0.152 e. The Morgan fingerprint density at radius 2 is 1.93 bits per heavy atom. The molecule has 1 fully saturated rings. The van der Waals surface area contributed by atoms with Gasteiger partial charge in [0.15, 0.2) is 5.78 Å². The van der Waals surface area contributed by atoms with Gasteiger partial charge in [0.1, 0.15) is 0 Å². The molecule has 0 saturated carbocycles. The van der Waals surface area contributed by atoms with Gasteiger partial charge in [0.05, 0.1) is 6.54 Å². The highest BCUT2D eigenvalue weighted by Gasteiger charge is 2.27. The third-order valence-electron chi connectivity index (χ3n) is 3.25. The lowest BCUT2D eigenvalue weighted by molar-refractivity contribution is -0.128. The van der Waals surface area contributed by atoms with Gasteiger partial charge in [0.25, 0.3) is 0 Å². The van der Waals surface area contributed by atoms with Crippen LogP contribution in [0.4, 0.5) is 0 Å². The summed E-state index contributed by atoms with van der Waals surface area (Å²) in [5, 5.41) is 0. The summed E-state index contributed by atoms with van der Waals surface area (Å²) in [6.07, 6.45) is 0. The highest BCUT2D eigenvalue weighted by atomic mass is 16.1. The maximum absolute atomic E-state index is 11.9. The number of ketones is 1. The summed E-state index contributed by atoms with van der Waals surface area (Å²) in [6, 6.07) is 0.562. The highest BCUT2D eigenvalue weighted by Crippen LogP contribution is 2.16. The Bertz CT molecular complexity index is 232. The van der Waals surface area contributed by atoms with E-state index in [4.69, 9.17) is 0 Å². The van der Waals surface area contributed by atoms with Crippen molar-refractivity contribution in [3.05, 3.63) is 0 Å². The molecule has 15 heavy (non-hydrogen) atoms. The lowest BCUT2D eigenvalue weighted by Gasteiger charge is -2.38. The fourth-order valence-corrected chi connectivity index (χ4v) is 1.71. The Balaban J connectivity index is 2.44. The van der Waals surface area contributed by atoms with E-state index in [-0.39, 0.29) is 5.41 Å². The third kappa shape index (κ3) is 3.58. The van der Waals surface area contributed by atoms with Crippen molar-refractivity contribution in [1.29, 1.82) is 0 Å². The number of likely N-dealkylation sites (N-methyl/N-ethyl adjacent to an activating group) is 1. The van der Waals surface area contributed by atoms with E-state index in [9.17, 15) is 4.79 Å². The van der Waals surface area contributed by atoms with Crippen molar-refractivity contribution < 1.29 is 4.79 Å². The molecule has 0 aromatic carbocycles. The minimum Gasteiger partial charge on any atom is -0.301 e. The van der Waals surface area contributed by atoms with E-state index in [0.29, 0.717) is 18.4 Å². The number of carbonyl (C=O) groups excluding carboxylic acids is 1. The number of Topliss-reactive ketones (excluding diaryl/α,β-unsaturated/α-hetero) is 1. The number of piperazine rings is 1. The van der Waals surface area contributed by atoms with Gasteiger partial charge >= 0.3 is 0 Å². The summed E-state index contributed by atoms with van der Waals surface area (Å²) in [7, 11) is 2.15. The lowest BCUT2D eigenvalue weighted by Crippen LogP contribution is -2.52. The maximum Gasteiger partial charge on any atom is 0.152 e. The van der Waals surface area contributed by atoms with Gasteiger partial charge in [-0.05, 0) is 14.0 Å². The second kappa shape index (κ2) is 4.62. The van der Waals surface area contributed by atoms with Crippen molar-refractivity contribution in [2.45, 2.75) is 33.7 Å². The number of nitrogens with zero attached hydrogens (tertiary/aromatic N) is 2. The van der Waals surface area contributed by atoms with Crippen LogP contribution in [0.2, 0.25) is 0 Å². The second-order valence-corrected chi connectivity index (χ2v) is 5.74. The average molecular weight is 212 g/mol. The van der Waals surface area contributed by atoms with Gasteiger partial charge in [-0.3, -0.25) is 9.69 Å². The third-order valence-corrected chi connectivity index (χ3v) is 3.25. The molecule has 1 atom stereocenters. The Labute approximate surface area is 93.4 Å². The molecule has 1 aliphatic rings. The number of carbonyl (C=O) groups is 1. The SMILES string of the molecule is CC1CN(CC(=O)C(C)(C)C)CCN1C. The van der Waals surface area contributed by atoms with Crippen LogP contribution in [0.5, 0.6) is 0 Å². The van der Waals surface area contributed by atoms with Crippen LogP contribution < -0.4 is 0 Å². The van der Waals surface area contributed by atoms with Gasteiger partial charge in [0, 0.05) is 31.1 Å². The zero-order valence-corrected chi connectivity index (χ0v) is 10.7. The monoisotopic (exact) mass is 212 g/mol. The molecule has 0 amide bonds. The van der Waals surface area contributed by atoms with E-state index >= 15 is 0 Å². The molecular weight excluding hydrogens is 188 g/mol. The van der Waals surface area contributed by atoms with Gasteiger partial charge in [-0.25, -0.2) is 0 Å². The molecule has 1 unspecified atom stereocenters. The van der Waals surface area contributed by atoms with Crippen molar-refractivity contribution in [1.82, 2.24) is 9.80 Å². The average Bonchev–Trinajstić information content (AvgIpc) is 2.10. The molecule has 0 radical (unpaired) electrons.